The van der Waals surface area contributed by atoms with E-state index < -0.39 is 0 Å². The number of nitrogens with one attached hydrogen (secondary N) is 1. The molecule has 0 aromatic heterocycles. The van der Waals surface area contributed by atoms with Crippen LogP contribution >= 0.6 is 0 Å². The molecule has 2 fully saturated rings. The molecule has 0 saturated heterocycles. The SMILES string of the molecule is CCCCCC(C)(C)CNC1CCCC(C2CC2)C1. The maximum atomic E-state index is 3.90. The van der Waals surface area contributed by atoms with Crippen molar-refractivity contribution < 1.29 is 0 Å². The summed E-state index contributed by atoms with van der Waals surface area (Å²) in [4.78, 5) is 0. The van der Waals surface area contributed by atoms with Crippen molar-refractivity contribution in [2.24, 2.45) is 17.3 Å². The van der Waals surface area contributed by atoms with Crippen LogP contribution in [-0.4, -0.2) is 12.6 Å². The maximum absolute atomic E-state index is 3.90. The zero-order valence-corrected chi connectivity index (χ0v) is 13.5. The molecule has 0 heterocycles. The summed E-state index contributed by atoms with van der Waals surface area (Å²) in [5, 5.41) is 3.90. The Kier molecular flexibility index (Phi) is 5.74. The van der Waals surface area contributed by atoms with E-state index in [-0.39, 0.29) is 0 Å². The Bertz CT molecular complexity index is 254. The first-order valence-electron chi connectivity index (χ1n) is 8.84. The van der Waals surface area contributed by atoms with E-state index in [4.69, 9.17) is 0 Å². The minimum absolute atomic E-state index is 0.488. The van der Waals surface area contributed by atoms with E-state index in [9.17, 15) is 0 Å². The van der Waals surface area contributed by atoms with Crippen molar-refractivity contribution in [3.8, 4) is 0 Å². The zero-order chi connectivity index (χ0) is 13.7. The molecule has 0 aliphatic heterocycles. The summed E-state index contributed by atoms with van der Waals surface area (Å²) in [5.74, 6) is 2.18. The van der Waals surface area contributed by atoms with Crippen molar-refractivity contribution in [1.29, 1.82) is 0 Å². The molecule has 2 rings (SSSR count). The van der Waals surface area contributed by atoms with Crippen LogP contribution in [0.3, 0.4) is 0 Å². The highest BCUT2D eigenvalue weighted by Crippen LogP contribution is 2.44. The summed E-state index contributed by atoms with van der Waals surface area (Å²) in [6.45, 7) is 8.40. The van der Waals surface area contributed by atoms with Crippen molar-refractivity contribution >= 4 is 0 Å². The number of unbranched alkanes of at least 4 members (excludes halogenated alkanes) is 2. The highest BCUT2D eigenvalue weighted by molar-refractivity contribution is 4.88. The van der Waals surface area contributed by atoms with Gasteiger partial charge in [-0.1, -0.05) is 52.9 Å². The molecule has 0 spiro atoms. The van der Waals surface area contributed by atoms with Gasteiger partial charge in [0.2, 0.25) is 0 Å². The van der Waals surface area contributed by atoms with Crippen LogP contribution in [0.15, 0.2) is 0 Å². The van der Waals surface area contributed by atoms with Gasteiger partial charge in [0.25, 0.3) is 0 Å². The van der Waals surface area contributed by atoms with Gasteiger partial charge < -0.3 is 5.32 Å². The largest absolute Gasteiger partial charge is 0.313 e. The Labute approximate surface area is 120 Å². The lowest BCUT2D eigenvalue weighted by molar-refractivity contribution is 0.225. The van der Waals surface area contributed by atoms with E-state index >= 15 is 0 Å². The molecule has 0 aromatic carbocycles. The van der Waals surface area contributed by atoms with Gasteiger partial charge in [-0.05, 0) is 49.4 Å². The number of hydrogen-bond acceptors (Lipinski definition) is 1. The van der Waals surface area contributed by atoms with Gasteiger partial charge in [-0.3, -0.25) is 0 Å². The summed E-state index contributed by atoms with van der Waals surface area (Å²) < 4.78 is 0. The van der Waals surface area contributed by atoms with Crippen LogP contribution in [0.2, 0.25) is 0 Å². The maximum Gasteiger partial charge on any atom is 0.00700 e. The summed E-state index contributed by atoms with van der Waals surface area (Å²) in [6, 6.07) is 0.824. The Morgan fingerprint density at radius 1 is 1.00 bits per heavy atom. The first-order valence-corrected chi connectivity index (χ1v) is 8.84. The molecular weight excluding hydrogens is 230 g/mol. The number of rotatable bonds is 8. The number of hydrogen-bond donors (Lipinski definition) is 1. The van der Waals surface area contributed by atoms with Crippen molar-refractivity contribution in [3.63, 3.8) is 0 Å². The highest BCUT2D eigenvalue weighted by atomic mass is 14.9. The van der Waals surface area contributed by atoms with E-state index in [0.717, 1.165) is 17.9 Å². The van der Waals surface area contributed by atoms with Crippen LogP contribution in [-0.2, 0) is 0 Å². The molecule has 112 valence electrons. The molecule has 2 aliphatic carbocycles. The fourth-order valence-corrected chi connectivity index (χ4v) is 3.77. The minimum Gasteiger partial charge on any atom is -0.313 e. The smallest absolute Gasteiger partial charge is 0.00700 e. The van der Waals surface area contributed by atoms with Gasteiger partial charge in [0, 0.05) is 12.6 Å². The molecule has 2 unspecified atom stereocenters. The van der Waals surface area contributed by atoms with Gasteiger partial charge in [-0.15, -0.1) is 0 Å². The molecule has 0 aromatic rings. The third kappa shape index (κ3) is 5.45. The van der Waals surface area contributed by atoms with Crippen LogP contribution in [0, 0.1) is 17.3 Å². The third-order valence-electron chi connectivity index (χ3n) is 5.33. The fraction of sp³-hybridized carbons (Fsp3) is 1.00. The summed E-state index contributed by atoms with van der Waals surface area (Å²) in [6.07, 6.45) is 14.5. The van der Waals surface area contributed by atoms with Gasteiger partial charge in [0.05, 0.1) is 0 Å². The van der Waals surface area contributed by atoms with Crippen LogP contribution in [0.5, 0.6) is 0 Å². The lowest BCUT2D eigenvalue weighted by Gasteiger charge is -2.33. The lowest BCUT2D eigenvalue weighted by atomic mass is 9.81. The predicted molar refractivity (Wildman–Crippen MR) is 84.4 cm³/mol. The normalized spacial score (nSPS) is 28.6. The van der Waals surface area contributed by atoms with E-state index in [2.05, 4.69) is 26.1 Å². The highest BCUT2D eigenvalue weighted by Gasteiger charge is 2.34. The molecule has 2 saturated carbocycles. The molecule has 19 heavy (non-hydrogen) atoms. The Morgan fingerprint density at radius 2 is 1.79 bits per heavy atom. The first-order chi connectivity index (χ1) is 9.11. The average molecular weight is 265 g/mol. The van der Waals surface area contributed by atoms with Crippen molar-refractivity contribution in [2.45, 2.75) is 91.0 Å². The van der Waals surface area contributed by atoms with Crippen LogP contribution < -0.4 is 5.32 Å². The molecule has 1 heteroatoms. The second kappa shape index (κ2) is 7.11. The molecular formula is C18H35N. The summed E-state index contributed by atoms with van der Waals surface area (Å²) in [7, 11) is 0. The topological polar surface area (TPSA) is 12.0 Å². The van der Waals surface area contributed by atoms with E-state index in [1.54, 1.807) is 0 Å². The molecule has 0 radical (unpaired) electrons. The predicted octanol–water partition coefficient (Wildman–Crippen LogP) is 5.15. The first kappa shape index (κ1) is 15.4. The Hall–Kier alpha value is -0.0400. The molecule has 2 aliphatic rings. The van der Waals surface area contributed by atoms with Gasteiger partial charge in [0.1, 0.15) is 0 Å². The summed E-state index contributed by atoms with van der Waals surface area (Å²) >= 11 is 0. The van der Waals surface area contributed by atoms with Crippen LogP contribution in [0.1, 0.15) is 85.0 Å². The standard InChI is InChI=1S/C18H35N/c1-4-5-6-12-18(2,3)14-19-17-9-7-8-16(13-17)15-10-11-15/h15-17,19H,4-14H2,1-3H3. The average Bonchev–Trinajstić information content (AvgIpc) is 3.21. The van der Waals surface area contributed by atoms with Crippen molar-refractivity contribution in [1.82, 2.24) is 5.32 Å². The molecule has 0 bridgehead atoms. The zero-order valence-electron chi connectivity index (χ0n) is 13.5. The van der Waals surface area contributed by atoms with Gasteiger partial charge >= 0.3 is 0 Å². The van der Waals surface area contributed by atoms with Gasteiger partial charge in [0.15, 0.2) is 0 Å². The Morgan fingerprint density at radius 3 is 2.47 bits per heavy atom. The quantitative estimate of drug-likeness (QED) is 0.598. The molecule has 2 atom stereocenters. The van der Waals surface area contributed by atoms with Crippen LogP contribution in [0.4, 0.5) is 0 Å². The van der Waals surface area contributed by atoms with Crippen LogP contribution in [0.25, 0.3) is 0 Å². The Balaban J connectivity index is 1.65. The molecule has 1 N–H and O–H groups in total. The van der Waals surface area contributed by atoms with Crippen molar-refractivity contribution in [3.05, 3.63) is 0 Å². The van der Waals surface area contributed by atoms with E-state index in [1.807, 2.05) is 0 Å². The van der Waals surface area contributed by atoms with E-state index in [1.165, 1.54) is 70.8 Å². The second-order valence-electron chi connectivity index (χ2n) is 7.96. The van der Waals surface area contributed by atoms with Crippen molar-refractivity contribution in [2.75, 3.05) is 6.54 Å². The fourth-order valence-electron chi connectivity index (χ4n) is 3.77. The van der Waals surface area contributed by atoms with Gasteiger partial charge in [-0.25, -0.2) is 0 Å². The molecule has 0 amide bonds. The molecule has 1 nitrogen and oxygen atoms in total. The third-order valence-corrected chi connectivity index (χ3v) is 5.33. The second-order valence-corrected chi connectivity index (χ2v) is 7.96. The van der Waals surface area contributed by atoms with Gasteiger partial charge in [-0.2, -0.15) is 0 Å². The minimum atomic E-state index is 0.488. The summed E-state index contributed by atoms with van der Waals surface area (Å²) in [5.41, 5.74) is 0.488. The van der Waals surface area contributed by atoms with E-state index in [0.29, 0.717) is 5.41 Å². The lowest BCUT2D eigenvalue weighted by Crippen LogP contribution is -2.40. The monoisotopic (exact) mass is 265 g/mol.